The first-order valence-corrected chi connectivity index (χ1v) is 10.7. The normalized spacial score (nSPS) is 11.6. The van der Waals surface area contributed by atoms with Crippen LogP contribution in [0.5, 0.6) is 11.5 Å². The van der Waals surface area contributed by atoms with Crippen molar-refractivity contribution in [2.24, 2.45) is 0 Å². The van der Waals surface area contributed by atoms with Crippen LogP contribution in [0.25, 0.3) is 16.2 Å². The molecule has 172 valence electrons. The van der Waals surface area contributed by atoms with Crippen molar-refractivity contribution in [1.82, 2.24) is 14.6 Å². The van der Waals surface area contributed by atoms with Crippen molar-refractivity contribution in [3.8, 4) is 22.1 Å². The van der Waals surface area contributed by atoms with Gasteiger partial charge < -0.3 is 14.8 Å². The second-order valence-electron chi connectivity index (χ2n) is 6.54. The number of rotatable bonds is 5. The molecule has 0 spiro atoms. The lowest BCUT2D eigenvalue weighted by Crippen LogP contribution is -2.16. The first kappa shape index (κ1) is 23.1. The molecule has 0 unspecified atom stereocenters. The number of carbonyl (C=O) groups excluding carboxylic acids is 1. The Morgan fingerprint density at radius 2 is 1.88 bits per heavy atom. The van der Waals surface area contributed by atoms with Crippen LogP contribution in [0, 0.1) is 0 Å². The number of carbonyl (C=O) groups is 1. The first-order valence-electron chi connectivity index (χ1n) is 9.07. The lowest BCUT2D eigenvalue weighted by Gasteiger charge is -2.12. The molecule has 0 fully saturated rings. The fraction of sp³-hybridized carbons (Fsp3) is 0.150. The van der Waals surface area contributed by atoms with Crippen molar-refractivity contribution in [1.29, 1.82) is 0 Å². The average molecular weight is 517 g/mol. The highest BCUT2D eigenvalue weighted by Crippen LogP contribution is 2.38. The Balaban J connectivity index is 1.82. The molecule has 3 aromatic heterocycles. The van der Waals surface area contributed by atoms with Crippen LogP contribution in [0.3, 0.4) is 0 Å². The Kier molecular flexibility index (Phi) is 6.12. The van der Waals surface area contributed by atoms with Crippen molar-refractivity contribution < 1.29 is 27.4 Å². The number of ether oxygens (including phenoxy) is 2. The van der Waals surface area contributed by atoms with E-state index in [-0.39, 0.29) is 38.6 Å². The number of fused-ring (bicyclic) bond motifs is 1. The quantitative estimate of drug-likeness (QED) is 0.349. The smallest absolute Gasteiger partial charge is 0.433 e. The van der Waals surface area contributed by atoms with Crippen LogP contribution in [0.1, 0.15) is 16.2 Å². The number of aromatic nitrogens is 3. The van der Waals surface area contributed by atoms with Crippen LogP contribution in [0.4, 0.5) is 18.9 Å². The summed E-state index contributed by atoms with van der Waals surface area (Å²) >= 11 is 13.6. The van der Waals surface area contributed by atoms with Crippen molar-refractivity contribution in [3.05, 3.63) is 57.1 Å². The molecule has 0 saturated carbocycles. The Hall–Kier alpha value is -3.02. The minimum Gasteiger partial charge on any atom is -0.495 e. The van der Waals surface area contributed by atoms with Crippen LogP contribution >= 0.6 is 34.5 Å². The number of anilines is 1. The third-order valence-corrected chi connectivity index (χ3v) is 6.07. The number of alkyl halides is 3. The van der Waals surface area contributed by atoms with Gasteiger partial charge in [0.1, 0.15) is 16.5 Å². The van der Waals surface area contributed by atoms with Crippen LogP contribution in [-0.4, -0.2) is 34.7 Å². The monoisotopic (exact) mass is 516 g/mol. The van der Waals surface area contributed by atoms with E-state index < -0.39 is 23.5 Å². The molecule has 0 saturated heterocycles. The van der Waals surface area contributed by atoms with Crippen molar-refractivity contribution in [3.63, 3.8) is 0 Å². The fourth-order valence-corrected chi connectivity index (χ4v) is 4.19. The molecule has 3 heterocycles. The summed E-state index contributed by atoms with van der Waals surface area (Å²) in [6.07, 6.45) is -4.77. The summed E-state index contributed by atoms with van der Waals surface area (Å²) < 4.78 is 52.2. The third kappa shape index (κ3) is 4.31. The van der Waals surface area contributed by atoms with Crippen molar-refractivity contribution in [2.75, 3.05) is 19.5 Å². The number of hydrogen-bond acceptors (Lipinski definition) is 6. The fourth-order valence-electron chi connectivity index (χ4n) is 3.03. The van der Waals surface area contributed by atoms with E-state index in [1.165, 1.54) is 37.7 Å². The van der Waals surface area contributed by atoms with E-state index in [1.54, 1.807) is 17.5 Å². The Morgan fingerprint density at radius 3 is 2.48 bits per heavy atom. The van der Waals surface area contributed by atoms with Crippen molar-refractivity contribution in [2.45, 2.75) is 6.18 Å². The number of amides is 1. The summed E-state index contributed by atoms with van der Waals surface area (Å²) in [5.74, 6) is -0.433. The van der Waals surface area contributed by atoms with Gasteiger partial charge in [0.05, 0.1) is 35.5 Å². The Morgan fingerprint density at radius 1 is 1.15 bits per heavy atom. The third-order valence-electron chi connectivity index (χ3n) is 4.53. The van der Waals surface area contributed by atoms with E-state index in [0.29, 0.717) is 9.39 Å². The SMILES string of the molecule is COc1cc(NC(=O)c2nn3c(C(F)(F)F)cc(-c4cccs4)nc3c2Cl)c(OC)cc1Cl. The summed E-state index contributed by atoms with van der Waals surface area (Å²) in [6, 6.07) is 6.98. The van der Waals surface area contributed by atoms with Crippen LogP contribution in [0.2, 0.25) is 10.0 Å². The summed E-state index contributed by atoms with van der Waals surface area (Å²) in [4.78, 5) is 17.6. The van der Waals surface area contributed by atoms with Crippen LogP contribution < -0.4 is 14.8 Å². The maximum atomic E-state index is 13.8. The van der Waals surface area contributed by atoms with Crippen LogP contribution in [-0.2, 0) is 6.18 Å². The van der Waals surface area contributed by atoms with Gasteiger partial charge in [0, 0.05) is 12.1 Å². The van der Waals surface area contributed by atoms with Gasteiger partial charge in [-0.1, -0.05) is 29.3 Å². The number of thiophene rings is 1. The zero-order valence-corrected chi connectivity index (χ0v) is 19.2. The highest BCUT2D eigenvalue weighted by Gasteiger charge is 2.37. The molecule has 0 radical (unpaired) electrons. The zero-order chi connectivity index (χ0) is 23.9. The largest absolute Gasteiger partial charge is 0.495 e. The molecule has 1 aromatic carbocycles. The molecule has 0 aliphatic rings. The van der Waals surface area contributed by atoms with E-state index in [2.05, 4.69) is 15.4 Å². The molecular weight excluding hydrogens is 504 g/mol. The Labute approximate surface area is 198 Å². The average Bonchev–Trinajstić information content (AvgIpc) is 3.42. The van der Waals surface area contributed by atoms with E-state index in [0.717, 1.165) is 6.07 Å². The van der Waals surface area contributed by atoms with Gasteiger partial charge in [0.25, 0.3) is 5.91 Å². The van der Waals surface area contributed by atoms with E-state index >= 15 is 0 Å². The number of nitrogens with zero attached hydrogens (tertiary/aromatic N) is 3. The first-order chi connectivity index (χ1) is 15.6. The highest BCUT2D eigenvalue weighted by atomic mass is 35.5. The number of methoxy groups -OCH3 is 2. The summed E-state index contributed by atoms with van der Waals surface area (Å²) in [5.41, 5.74) is -1.67. The van der Waals surface area contributed by atoms with E-state index in [4.69, 9.17) is 32.7 Å². The van der Waals surface area contributed by atoms with Crippen molar-refractivity contribution >= 4 is 51.8 Å². The topological polar surface area (TPSA) is 77.8 Å². The lowest BCUT2D eigenvalue weighted by molar-refractivity contribution is -0.142. The lowest BCUT2D eigenvalue weighted by atomic mass is 10.2. The molecule has 0 bridgehead atoms. The predicted molar refractivity (Wildman–Crippen MR) is 119 cm³/mol. The van der Waals surface area contributed by atoms with Gasteiger partial charge in [-0.25, -0.2) is 9.50 Å². The summed E-state index contributed by atoms with van der Waals surface area (Å²) in [7, 11) is 2.74. The number of nitrogens with one attached hydrogen (secondary N) is 1. The summed E-state index contributed by atoms with van der Waals surface area (Å²) in [6.45, 7) is 0. The van der Waals surface area contributed by atoms with Gasteiger partial charge in [-0.2, -0.15) is 18.3 Å². The molecular formula is C20H13Cl2F3N4O3S. The number of hydrogen-bond donors (Lipinski definition) is 1. The molecule has 33 heavy (non-hydrogen) atoms. The zero-order valence-electron chi connectivity index (χ0n) is 16.8. The molecule has 0 atom stereocenters. The minimum absolute atomic E-state index is 0.0580. The predicted octanol–water partition coefficient (Wildman–Crippen LogP) is 6.05. The van der Waals surface area contributed by atoms with E-state index in [9.17, 15) is 18.0 Å². The maximum Gasteiger partial charge on any atom is 0.433 e. The highest BCUT2D eigenvalue weighted by molar-refractivity contribution is 7.13. The van der Waals surface area contributed by atoms with Crippen LogP contribution in [0.15, 0.2) is 35.7 Å². The standard InChI is InChI=1S/C20H13Cl2F3N4O3S/c1-31-12-7-10(13(32-2)6-9(12)21)27-19(30)17-16(22)18-26-11(14-4-3-5-33-14)8-15(20(23,24)25)29(18)28-17/h3-8H,1-2H3,(H,27,30). The number of benzene rings is 1. The molecule has 13 heteroatoms. The molecule has 1 amide bonds. The van der Waals surface area contributed by atoms with Gasteiger partial charge >= 0.3 is 6.18 Å². The van der Waals surface area contributed by atoms with Gasteiger partial charge in [0.15, 0.2) is 17.0 Å². The number of halogens is 5. The molecule has 4 rings (SSSR count). The van der Waals surface area contributed by atoms with E-state index in [1.807, 2.05) is 0 Å². The second-order valence-corrected chi connectivity index (χ2v) is 8.27. The molecule has 7 nitrogen and oxygen atoms in total. The second kappa shape index (κ2) is 8.73. The molecule has 1 N–H and O–H groups in total. The van der Waals surface area contributed by atoms with Gasteiger partial charge in [-0.05, 0) is 17.5 Å². The summed E-state index contributed by atoms with van der Waals surface area (Å²) in [5, 5.41) is 7.93. The molecule has 0 aliphatic carbocycles. The van der Waals surface area contributed by atoms with Gasteiger partial charge in [-0.15, -0.1) is 11.3 Å². The van der Waals surface area contributed by atoms with Gasteiger partial charge in [0.2, 0.25) is 0 Å². The minimum atomic E-state index is -4.77. The maximum absolute atomic E-state index is 13.8. The molecule has 4 aromatic rings. The van der Waals surface area contributed by atoms with Gasteiger partial charge in [-0.3, -0.25) is 4.79 Å². The molecule has 0 aliphatic heterocycles. The Bertz CT molecular complexity index is 1360.